The van der Waals surface area contributed by atoms with E-state index in [1.165, 1.54) is 0 Å². The van der Waals surface area contributed by atoms with Crippen LogP contribution in [0.1, 0.15) is 19.8 Å². The standard InChI is InChI=1S/C18H30N4O2/c1-15(23)22(13-6-12-20(2)3)14-11-18(24)19-16-7-9-17(10-8-16)21(4)5/h7-10H,6,11-14H2,1-5H3,(H,19,24). The number of nitrogens with one attached hydrogen (secondary N) is 1. The minimum Gasteiger partial charge on any atom is -0.378 e. The summed E-state index contributed by atoms with van der Waals surface area (Å²) in [5.41, 5.74) is 1.85. The Hall–Kier alpha value is -2.08. The molecule has 1 aromatic carbocycles. The van der Waals surface area contributed by atoms with E-state index in [0.717, 1.165) is 24.3 Å². The predicted octanol–water partition coefficient (Wildman–Crippen LogP) is 1.88. The average molecular weight is 334 g/mol. The van der Waals surface area contributed by atoms with Gasteiger partial charge < -0.3 is 20.0 Å². The first kappa shape index (κ1) is 20.0. The maximum absolute atomic E-state index is 12.1. The van der Waals surface area contributed by atoms with Gasteiger partial charge in [-0.05, 0) is 51.3 Å². The predicted molar refractivity (Wildman–Crippen MR) is 99.4 cm³/mol. The lowest BCUT2D eigenvalue weighted by atomic mass is 10.2. The van der Waals surface area contributed by atoms with Crippen molar-refractivity contribution in [1.29, 1.82) is 0 Å². The molecule has 6 heteroatoms. The first-order valence-corrected chi connectivity index (χ1v) is 8.27. The summed E-state index contributed by atoms with van der Waals surface area (Å²) >= 11 is 0. The van der Waals surface area contributed by atoms with Crippen LogP contribution >= 0.6 is 0 Å². The van der Waals surface area contributed by atoms with Crippen molar-refractivity contribution in [2.45, 2.75) is 19.8 Å². The van der Waals surface area contributed by atoms with Crippen LogP contribution in [0.3, 0.4) is 0 Å². The molecule has 2 amide bonds. The van der Waals surface area contributed by atoms with Gasteiger partial charge >= 0.3 is 0 Å². The highest BCUT2D eigenvalue weighted by Gasteiger charge is 2.11. The monoisotopic (exact) mass is 334 g/mol. The quantitative estimate of drug-likeness (QED) is 0.749. The number of carbonyl (C=O) groups is 2. The lowest BCUT2D eigenvalue weighted by Gasteiger charge is -2.21. The van der Waals surface area contributed by atoms with E-state index in [1.807, 2.05) is 57.4 Å². The molecular weight excluding hydrogens is 304 g/mol. The highest BCUT2D eigenvalue weighted by atomic mass is 16.2. The van der Waals surface area contributed by atoms with Gasteiger partial charge in [0.25, 0.3) is 0 Å². The minimum absolute atomic E-state index is 0.0110. The molecule has 0 aliphatic rings. The van der Waals surface area contributed by atoms with E-state index in [2.05, 4.69) is 10.2 Å². The van der Waals surface area contributed by atoms with Gasteiger partial charge in [-0.1, -0.05) is 0 Å². The maximum atomic E-state index is 12.1. The summed E-state index contributed by atoms with van der Waals surface area (Å²) in [7, 11) is 7.96. The maximum Gasteiger partial charge on any atom is 0.226 e. The van der Waals surface area contributed by atoms with E-state index in [0.29, 0.717) is 19.5 Å². The molecule has 0 bridgehead atoms. The Bertz CT molecular complexity index is 526. The SMILES string of the molecule is CC(=O)N(CCCN(C)C)CCC(=O)Nc1ccc(N(C)C)cc1. The van der Waals surface area contributed by atoms with Crippen molar-refractivity contribution in [2.75, 3.05) is 58.0 Å². The van der Waals surface area contributed by atoms with Crippen LogP contribution in [0.4, 0.5) is 11.4 Å². The molecule has 0 aromatic heterocycles. The minimum atomic E-state index is -0.0773. The molecule has 6 nitrogen and oxygen atoms in total. The normalized spacial score (nSPS) is 10.6. The molecule has 0 radical (unpaired) electrons. The fourth-order valence-electron chi connectivity index (χ4n) is 2.31. The van der Waals surface area contributed by atoms with Gasteiger partial charge in [0, 0.05) is 51.9 Å². The number of hydrogen-bond donors (Lipinski definition) is 1. The smallest absolute Gasteiger partial charge is 0.226 e. The van der Waals surface area contributed by atoms with Gasteiger partial charge in [-0.3, -0.25) is 9.59 Å². The van der Waals surface area contributed by atoms with Crippen molar-refractivity contribution in [3.8, 4) is 0 Å². The zero-order valence-corrected chi connectivity index (χ0v) is 15.5. The van der Waals surface area contributed by atoms with Crippen LogP contribution in [0.25, 0.3) is 0 Å². The van der Waals surface area contributed by atoms with Crippen molar-refractivity contribution in [2.24, 2.45) is 0 Å². The van der Waals surface area contributed by atoms with Gasteiger partial charge in [0.05, 0.1) is 0 Å². The number of hydrogen-bond acceptors (Lipinski definition) is 4. The van der Waals surface area contributed by atoms with Gasteiger partial charge in [-0.2, -0.15) is 0 Å². The van der Waals surface area contributed by atoms with Gasteiger partial charge in [-0.25, -0.2) is 0 Å². The molecule has 0 unspecified atom stereocenters. The summed E-state index contributed by atoms with van der Waals surface area (Å²) in [6, 6.07) is 7.68. The molecule has 1 rings (SSSR count). The molecule has 0 aliphatic heterocycles. The van der Waals surface area contributed by atoms with Crippen molar-refractivity contribution in [3.63, 3.8) is 0 Å². The summed E-state index contributed by atoms with van der Waals surface area (Å²) in [5.74, 6) is -0.0663. The number of nitrogens with zero attached hydrogens (tertiary/aromatic N) is 3. The Morgan fingerprint density at radius 2 is 1.58 bits per heavy atom. The van der Waals surface area contributed by atoms with Crippen LogP contribution in [-0.4, -0.2) is 69.4 Å². The van der Waals surface area contributed by atoms with Crippen LogP contribution < -0.4 is 10.2 Å². The Morgan fingerprint density at radius 1 is 0.958 bits per heavy atom. The summed E-state index contributed by atoms with van der Waals surface area (Å²) in [6.07, 6.45) is 1.21. The van der Waals surface area contributed by atoms with E-state index in [1.54, 1.807) is 11.8 Å². The number of rotatable bonds is 9. The molecule has 0 heterocycles. The van der Waals surface area contributed by atoms with E-state index in [-0.39, 0.29) is 11.8 Å². The molecule has 1 aromatic rings. The Morgan fingerprint density at radius 3 is 2.08 bits per heavy atom. The second-order valence-corrected chi connectivity index (χ2v) is 6.40. The Labute approximate surface area is 145 Å². The highest BCUT2D eigenvalue weighted by Crippen LogP contribution is 2.15. The topological polar surface area (TPSA) is 55.9 Å². The number of amides is 2. The zero-order valence-electron chi connectivity index (χ0n) is 15.5. The third-order valence-electron chi connectivity index (χ3n) is 3.75. The van der Waals surface area contributed by atoms with Crippen LogP contribution in [0.15, 0.2) is 24.3 Å². The Kier molecular flexibility index (Phi) is 8.26. The second kappa shape index (κ2) is 9.93. The molecule has 0 saturated heterocycles. The molecule has 0 aliphatic carbocycles. The highest BCUT2D eigenvalue weighted by molar-refractivity contribution is 5.91. The fraction of sp³-hybridized carbons (Fsp3) is 0.556. The van der Waals surface area contributed by atoms with Gasteiger partial charge in [0.15, 0.2) is 0 Å². The summed E-state index contributed by atoms with van der Waals surface area (Å²) in [5, 5.41) is 2.87. The van der Waals surface area contributed by atoms with Gasteiger partial charge in [0.1, 0.15) is 0 Å². The first-order valence-electron chi connectivity index (χ1n) is 8.27. The fourth-order valence-corrected chi connectivity index (χ4v) is 2.31. The van der Waals surface area contributed by atoms with E-state index in [9.17, 15) is 9.59 Å². The van der Waals surface area contributed by atoms with Crippen molar-refractivity contribution in [1.82, 2.24) is 9.80 Å². The van der Waals surface area contributed by atoms with Crippen LogP contribution in [0, 0.1) is 0 Å². The summed E-state index contributed by atoms with van der Waals surface area (Å²) in [4.78, 5) is 29.6. The van der Waals surface area contributed by atoms with Gasteiger partial charge in [-0.15, -0.1) is 0 Å². The largest absolute Gasteiger partial charge is 0.378 e. The molecule has 0 saturated carbocycles. The van der Waals surface area contributed by atoms with E-state index in [4.69, 9.17) is 0 Å². The van der Waals surface area contributed by atoms with Crippen LogP contribution in [0.2, 0.25) is 0 Å². The average Bonchev–Trinajstić information content (AvgIpc) is 2.50. The molecule has 0 fully saturated rings. The number of carbonyl (C=O) groups excluding carboxylic acids is 2. The lowest BCUT2D eigenvalue weighted by molar-refractivity contribution is -0.129. The Balaban J connectivity index is 2.43. The molecule has 0 spiro atoms. The molecular formula is C18H30N4O2. The van der Waals surface area contributed by atoms with E-state index < -0.39 is 0 Å². The summed E-state index contributed by atoms with van der Waals surface area (Å²) < 4.78 is 0. The first-order chi connectivity index (χ1) is 11.3. The lowest BCUT2D eigenvalue weighted by Crippen LogP contribution is -2.34. The number of anilines is 2. The zero-order chi connectivity index (χ0) is 18.1. The number of benzene rings is 1. The second-order valence-electron chi connectivity index (χ2n) is 6.40. The van der Waals surface area contributed by atoms with Crippen molar-refractivity contribution >= 4 is 23.2 Å². The third kappa shape index (κ3) is 7.46. The van der Waals surface area contributed by atoms with Crippen molar-refractivity contribution in [3.05, 3.63) is 24.3 Å². The van der Waals surface area contributed by atoms with Gasteiger partial charge in [0.2, 0.25) is 11.8 Å². The molecule has 0 atom stereocenters. The van der Waals surface area contributed by atoms with Crippen LogP contribution in [-0.2, 0) is 9.59 Å². The van der Waals surface area contributed by atoms with E-state index >= 15 is 0 Å². The van der Waals surface area contributed by atoms with Crippen molar-refractivity contribution < 1.29 is 9.59 Å². The molecule has 134 valence electrons. The molecule has 1 N–H and O–H groups in total. The van der Waals surface area contributed by atoms with Crippen LogP contribution in [0.5, 0.6) is 0 Å². The molecule has 24 heavy (non-hydrogen) atoms. The summed E-state index contributed by atoms with van der Waals surface area (Å²) in [6.45, 7) is 3.60. The third-order valence-corrected chi connectivity index (χ3v) is 3.75.